The first-order chi connectivity index (χ1) is 8.69. The number of halogens is 2. The maximum Gasteiger partial charge on any atom is 0.399 e. The number of hydrogen-bond donors (Lipinski definition) is 1. The van der Waals surface area contributed by atoms with Crippen LogP contribution in [0.3, 0.4) is 0 Å². The van der Waals surface area contributed by atoms with Gasteiger partial charge in [0.1, 0.15) is 6.26 Å². The lowest BCUT2D eigenvalue weighted by Gasteiger charge is -2.03. The molecule has 0 fully saturated rings. The van der Waals surface area contributed by atoms with Gasteiger partial charge in [0, 0.05) is 11.0 Å². The molecule has 2 rings (SSSR count). The van der Waals surface area contributed by atoms with Gasteiger partial charge in [-0.25, -0.2) is 0 Å². The summed E-state index contributed by atoms with van der Waals surface area (Å²) in [5.74, 6) is 0.511. The quantitative estimate of drug-likeness (QED) is 0.900. The predicted molar refractivity (Wildman–Crippen MR) is 73.1 cm³/mol. The molecule has 18 heavy (non-hydrogen) atoms. The van der Waals surface area contributed by atoms with Crippen molar-refractivity contribution in [3.63, 3.8) is 0 Å². The van der Waals surface area contributed by atoms with E-state index in [1.54, 1.807) is 18.4 Å². The second-order valence-electron chi connectivity index (χ2n) is 3.56. The Morgan fingerprint density at radius 1 is 1.50 bits per heavy atom. The highest BCUT2D eigenvalue weighted by atomic mass is 79.9. The van der Waals surface area contributed by atoms with E-state index in [4.69, 9.17) is 20.8 Å². The van der Waals surface area contributed by atoms with E-state index in [2.05, 4.69) is 26.2 Å². The van der Waals surface area contributed by atoms with Crippen LogP contribution in [0.5, 0.6) is 11.8 Å². The molecular weight excluding hydrogens is 320 g/mol. The molecule has 0 spiro atoms. The van der Waals surface area contributed by atoms with Crippen molar-refractivity contribution in [3.05, 3.63) is 39.7 Å². The van der Waals surface area contributed by atoms with Crippen LogP contribution in [0.2, 0.25) is 5.02 Å². The summed E-state index contributed by atoms with van der Waals surface area (Å²) < 4.78 is 11.6. The van der Waals surface area contributed by atoms with Gasteiger partial charge in [0.15, 0.2) is 5.75 Å². The van der Waals surface area contributed by atoms with Gasteiger partial charge in [0.2, 0.25) is 0 Å². The maximum atomic E-state index is 6.03. The van der Waals surface area contributed by atoms with Crippen molar-refractivity contribution in [3.8, 4) is 11.8 Å². The molecule has 0 saturated heterocycles. The monoisotopic (exact) mass is 330 g/mol. The third kappa shape index (κ3) is 3.48. The Morgan fingerprint density at radius 3 is 3.06 bits per heavy atom. The molecule has 1 heterocycles. The van der Waals surface area contributed by atoms with Crippen LogP contribution < -0.4 is 10.1 Å². The van der Waals surface area contributed by atoms with Crippen molar-refractivity contribution >= 4 is 27.5 Å². The van der Waals surface area contributed by atoms with Gasteiger partial charge in [-0.1, -0.05) is 34.5 Å². The van der Waals surface area contributed by atoms with Gasteiger partial charge < -0.3 is 14.5 Å². The summed E-state index contributed by atoms with van der Waals surface area (Å²) in [5, 5.41) is 3.65. The Hall–Kier alpha value is -1.04. The van der Waals surface area contributed by atoms with E-state index in [1.807, 2.05) is 13.0 Å². The lowest BCUT2D eigenvalue weighted by atomic mass is 10.3. The summed E-state index contributed by atoms with van der Waals surface area (Å²) in [5.41, 5.74) is 0.792. The van der Waals surface area contributed by atoms with Crippen LogP contribution in [0, 0.1) is 0 Å². The Balaban J connectivity index is 2.06. The zero-order chi connectivity index (χ0) is 13.0. The predicted octanol–water partition coefficient (Wildman–Crippen LogP) is 3.99. The summed E-state index contributed by atoms with van der Waals surface area (Å²) >= 11 is 9.36. The molecule has 1 aromatic carbocycles. The molecule has 0 bridgehead atoms. The van der Waals surface area contributed by atoms with Gasteiger partial charge in [-0.05, 0) is 24.7 Å². The molecule has 6 heteroatoms. The van der Waals surface area contributed by atoms with Crippen molar-refractivity contribution < 1.29 is 9.15 Å². The van der Waals surface area contributed by atoms with E-state index < -0.39 is 0 Å². The first-order valence-corrected chi connectivity index (χ1v) is 6.64. The largest absolute Gasteiger partial charge is 0.417 e. The van der Waals surface area contributed by atoms with Crippen molar-refractivity contribution in [1.29, 1.82) is 0 Å². The number of nitrogens with one attached hydrogen (secondary N) is 1. The molecule has 1 aromatic heterocycles. The first kappa shape index (κ1) is 13.4. The molecule has 0 amide bonds. The summed E-state index contributed by atoms with van der Waals surface area (Å²) in [6, 6.07) is 5.34. The lowest BCUT2D eigenvalue weighted by molar-refractivity contribution is 0.331. The molecule has 0 atom stereocenters. The van der Waals surface area contributed by atoms with Crippen molar-refractivity contribution in [2.45, 2.75) is 13.5 Å². The molecule has 96 valence electrons. The zero-order valence-corrected chi connectivity index (χ0v) is 12.1. The third-order valence-corrected chi connectivity index (χ3v) is 2.97. The van der Waals surface area contributed by atoms with Crippen molar-refractivity contribution in [2.75, 3.05) is 6.54 Å². The van der Waals surface area contributed by atoms with Crippen LogP contribution in [0.1, 0.15) is 12.6 Å². The average molecular weight is 332 g/mol. The molecule has 0 saturated carbocycles. The summed E-state index contributed by atoms with van der Waals surface area (Å²) in [4.78, 5) is 4.18. The number of aromatic nitrogens is 1. The molecule has 0 aliphatic rings. The van der Waals surface area contributed by atoms with E-state index in [1.165, 1.54) is 0 Å². The molecule has 0 aliphatic heterocycles. The SMILES string of the molecule is CCNCc1coc(Oc2ccc(Br)cc2Cl)n1. The Kier molecular flexibility index (Phi) is 4.63. The standard InChI is InChI=1S/C12H12BrClN2O2/c1-2-15-6-9-7-17-12(16-9)18-11-4-3-8(13)5-10(11)14/h3-5,7,15H,2,6H2,1H3. The fourth-order valence-corrected chi connectivity index (χ4v) is 2.03. The second kappa shape index (κ2) is 6.22. The number of benzene rings is 1. The molecule has 0 aliphatic carbocycles. The minimum atomic E-state index is 0.187. The molecule has 0 unspecified atom stereocenters. The fourth-order valence-electron chi connectivity index (χ4n) is 1.32. The summed E-state index contributed by atoms with van der Waals surface area (Å²) in [6.45, 7) is 3.55. The highest BCUT2D eigenvalue weighted by Gasteiger charge is 2.09. The van der Waals surface area contributed by atoms with Crippen LogP contribution in [0.15, 0.2) is 33.4 Å². The normalized spacial score (nSPS) is 10.6. The number of ether oxygens (including phenoxy) is 1. The van der Waals surface area contributed by atoms with E-state index in [9.17, 15) is 0 Å². The Bertz CT molecular complexity index is 531. The Morgan fingerprint density at radius 2 is 2.33 bits per heavy atom. The maximum absolute atomic E-state index is 6.03. The van der Waals surface area contributed by atoms with Gasteiger partial charge in [0.05, 0.1) is 10.7 Å². The van der Waals surface area contributed by atoms with Crippen molar-refractivity contribution in [2.24, 2.45) is 0 Å². The lowest BCUT2D eigenvalue weighted by Crippen LogP contribution is -2.11. The highest BCUT2D eigenvalue weighted by Crippen LogP contribution is 2.31. The van der Waals surface area contributed by atoms with Crippen molar-refractivity contribution in [1.82, 2.24) is 10.3 Å². The molecule has 1 N–H and O–H groups in total. The van der Waals surface area contributed by atoms with E-state index in [0.29, 0.717) is 17.3 Å². The van der Waals surface area contributed by atoms with Gasteiger partial charge in [-0.15, -0.1) is 0 Å². The number of hydrogen-bond acceptors (Lipinski definition) is 4. The molecule has 4 nitrogen and oxygen atoms in total. The van der Waals surface area contributed by atoms with E-state index in [-0.39, 0.29) is 6.08 Å². The van der Waals surface area contributed by atoms with Crippen LogP contribution in [0.25, 0.3) is 0 Å². The first-order valence-electron chi connectivity index (χ1n) is 5.47. The van der Waals surface area contributed by atoms with Crippen LogP contribution in [-0.4, -0.2) is 11.5 Å². The number of nitrogens with zero attached hydrogens (tertiary/aromatic N) is 1. The van der Waals surface area contributed by atoms with E-state index in [0.717, 1.165) is 16.7 Å². The van der Waals surface area contributed by atoms with Gasteiger partial charge in [0.25, 0.3) is 0 Å². The van der Waals surface area contributed by atoms with Crippen LogP contribution >= 0.6 is 27.5 Å². The van der Waals surface area contributed by atoms with Crippen LogP contribution in [-0.2, 0) is 6.54 Å². The molecule has 2 aromatic rings. The second-order valence-corrected chi connectivity index (χ2v) is 4.88. The minimum Gasteiger partial charge on any atom is -0.417 e. The average Bonchev–Trinajstić information content (AvgIpc) is 2.78. The van der Waals surface area contributed by atoms with Gasteiger partial charge in [-0.2, -0.15) is 4.98 Å². The topological polar surface area (TPSA) is 47.3 Å². The zero-order valence-electron chi connectivity index (χ0n) is 9.74. The van der Waals surface area contributed by atoms with Gasteiger partial charge in [-0.3, -0.25) is 0 Å². The third-order valence-electron chi connectivity index (χ3n) is 2.18. The Labute approximate surface area is 118 Å². The highest BCUT2D eigenvalue weighted by molar-refractivity contribution is 9.10. The van der Waals surface area contributed by atoms with Gasteiger partial charge >= 0.3 is 6.08 Å². The minimum absolute atomic E-state index is 0.187. The molecular formula is C12H12BrClN2O2. The summed E-state index contributed by atoms with van der Waals surface area (Å²) in [7, 11) is 0. The fraction of sp³-hybridized carbons (Fsp3) is 0.250. The van der Waals surface area contributed by atoms with Crippen LogP contribution in [0.4, 0.5) is 0 Å². The molecule has 0 radical (unpaired) electrons. The van der Waals surface area contributed by atoms with E-state index >= 15 is 0 Å². The smallest absolute Gasteiger partial charge is 0.399 e. The number of oxazole rings is 1. The summed E-state index contributed by atoms with van der Waals surface area (Å²) in [6.07, 6.45) is 1.75. The number of rotatable bonds is 5.